The quantitative estimate of drug-likeness (QED) is 0.797. The van der Waals surface area contributed by atoms with Crippen molar-refractivity contribution in [3.63, 3.8) is 0 Å². The molecule has 1 aromatic rings. The fourth-order valence-corrected chi connectivity index (χ4v) is 2.22. The maximum Gasteiger partial charge on any atom is 0.197 e. The third kappa shape index (κ3) is 3.25. The molecule has 2 atom stereocenters. The molecule has 0 radical (unpaired) electrons. The Bertz CT molecular complexity index is 285. The number of hydrogen-bond donors (Lipinski definition) is 1. The maximum atomic E-state index is 6.01. The highest BCUT2D eigenvalue weighted by Crippen LogP contribution is 2.31. The Kier molecular flexibility index (Phi) is 5.20. The Morgan fingerprint density at radius 2 is 2.20 bits per heavy atom. The lowest BCUT2D eigenvalue weighted by Gasteiger charge is -2.23. The van der Waals surface area contributed by atoms with Crippen molar-refractivity contribution in [2.45, 2.75) is 39.7 Å². The molecule has 1 aromatic heterocycles. The van der Waals surface area contributed by atoms with Crippen LogP contribution in [-0.4, -0.2) is 6.54 Å². The Morgan fingerprint density at radius 3 is 2.67 bits per heavy atom. The summed E-state index contributed by atoms with van der Waals surface area (Å²) in [5.41, 5.74) is 1.08. The normalized spacial score (nSPS) is 15.2. The van der Waals surface area contributed by atoms with E-state index in [1.807, 2.05) is 6.07 Å². The van der Waals surface area contributed by atoms with Gasteiger partial charge in [0.2, 0.25) is 0 Å². The van der Waals surface area contributed by atoms with Crippen LogP contribution in [0.4, 0.5) is 0 Å². The van der Waals surface area contributed by atoms with Gasteiger partial charge in [0.05, 0.1) is 6.26 Å². The van der Waals surface area contributed by atoms with Gasteiger partial charge in [-0.25, -0.2) is 0 Å². The topological polar surface area (TPSA) is 25.2 Å². The second-order valence-electron chi connectivity index (χ2n) is 3.95. The average Bonchev–Trinajstić information content (AvgIpc) is 2.61. The van der Waals surface area contributed by atoms with E-state index < -0.39 is 0 Å². The van der Waals surface area contributed by atoms with E-state index in [-0.39, 0.29) is 0 Å². The summed E-state index contributed by atoms with van der Waals surface area (Å²) < 4.78 is 5.15. The zero-order valence-corrected chi connectivity index (χ0v) is 10.5. The summed E-state index contributed by atoms with van der Waals surface area (Å²) in [5, 5.41) is 3.98. The second kappa shape index (κ2) is 6.19. The largest absolute Gasteiger partial charge is 0.453 e. The Labute approximate surface area is 97.0 Å². The van der Waals surface area contributed by atoms with Gasteiger partial charge in [-0.1, -0.05) is 27.2 Å². The fourth-order valence-electron chi connectivity index (χ4n) is 1.99. The third-order valence-corrected chi connectivity index (χ3v) is 3.03. The van der Waals surface area contributed by atoms with Crippen LogP contribution in [0.15, 0.2) is 16.7 Å². The molecular weight excluding hydrogens is 210 g/mol. The van der Waals surface area contributed by atoms with Gasteiger partial charge >= 0.3 is 0 Å². The van der Waals surface area contributed by atoms with Gasteiger partial charge < -0.3 is 9.73 Å². The average molecular weight is 230 g/mol. The summed E-state index contributed by atoms with van der Waals surface area (Å²) in [5.74, 6) is 0.574. The molecule has 0 aliphatic rings. The van der Waals surface area contributed by atoms with E-state index in [1.54, 1.807) is 6.26 Å². The van der Waals surface area contributed by atoms with Crippen LogP contribution >= 0.6 is 11.6 Å². The molecule has 2 nitrogen and oxygen atoms in total. The molecule has 3 heteroatoms. The van der Waals surface area contributed by atoms with Crippen molar-refractivity contribution in [2.24, 2.45) is 5.92 Å². The van der Waals surface area contributed by atoms with Gasteiger partial charge in [-0.05, 0) is 36.6 Å². The van der Waals surface area contributed by atoms with Gasteiger partial charge in [-0.3, -0.25) is 0 Å². The second-order valence-corrected chi connectivity index (χ2v) is 4.29. The van der Waals surface area contributed by atoms with Crippen LogP contribution < -0.4 is 5.32 Å². The molecule has 15 heavy (non-hydrogen) atoms. The van der Waals surface area contributed by atoms with Gasteiger partial charge in [0.15, 0.2) is 5.22 Å². The van der Waals surface area contributed by atoms with E-state index >= 15 is 0 Å². The number of nitrogens with one attached hydrogen (secondary N) is 1. The number of halogens is 1. The SMILES string of the molecule is CCCC(C)C(NCC)c1ccoc1Cl. The van der Waals surface area contributed by atoms with Crippen LogP contribution in [0.25, 0.3) is 0 Å². The third-order valence-electron chi connectivity index (χ3n) is 2.72. The maximum absolute atomic E-state index is 6.01. The van der Waals surface area contributed by atoms with Crippen LogP contribution in [0.1, 0.15) is 45.2 Å². The predicted octanol–water partition coefficient (Wildman–Crippen LogP) is 4.02. The Morgan fingerprint density at radius 1 is 1.47 bits per heavy atom. The molecule has 1 rings (SSSR count). The van der Waals surface area contributed by atoms with Gasteiger partial charge in [0, 0.05) is 11.6 Å². The van der Waals surface area contributed by atoms with Crippen LogP contribution in [0, 0.1) is 5.92 Å². The molecule has 0 saturated carbocycles. The summed E-state index contributed by atoms with van der Waals surface area (Å²) in [7, 11) is 0. The number of hydrogen-bond acceptors (Lipinski definition) is 2. The summed E-state index contributed by atoms with van der Waals surface area (Å²) in [6, 6.07) is 2.27. The molecule has 1 N–H and O–H groups in total. The van der Waals surface area contributed by atoms with Crippen LogP contribution in [0.3, 0.4) is 0 Å². The minimum absolute atomic E-state index is 0.307. The Hall–Kier alpha value is -0.470. The molecule has 0 amide bonds. The summed E-state index contributed by atoms with van der Waals surface area (Å²) >= 11 is 6.01. The lowest BCUT2D eigenvalue weighted by atomic mass is 9.92. The zero-order chi connectivity index (χ0) is 11.3. The first-order valence-corrected chi connectivity index (χ1v) is 6.04. The van der Waals surface area contributed by atoms with Gasteiger partial charge in [-0.2, -0.15) is 0 Å². The highest BCUT2D eigenvalue weighted by molar-refractivity contribution is 6.29. The molecule has 0 saturated heterocycles. The van der Waals surface area contributed by atoms with Crippen molar-refractivity contribution in [3.05, 3.63) is 23.1 Å². The first-order chi connectivity index (χ1) is 7.20. The van der Waals surface area contributed by atoms with Crippen molar-refractivity contribution in [1.82, 2.24) is 5.32 Å². The minimum Gasteiger partial charge on any atom is -0.453 e. The van der Waals surface area contributed by atoms with Crippen molar-refractivity contribution >= 4 is 11.6 Å². The number of furan rings is 1. The molecule has 0 aliphatic heterocycles. The lowest BCUT2D eigenvalue weighted by Crippen LogP contribution is -2.26. The predicted molar refractivity (Wildman–Crippen MR) is 64.2 cm³/mol. The van der Waals surface area contributed by atoms with Crippen molar-refractivity contribution in [2.75, 3.05) is 6.54 Å². The minimum atomic E-state index is 0.307. The summed E-state index contributed by atoms with van der Waals surface area (Å²) in [4.78, 5) is 0. The van der Waals surface area contributed by atoms with E-state index in [2.05, 4.69) is 26.1 Å². The molecule has 0 fully saturated rings. The number of rotatable bonds is 6. The smallest absolute Gasteiger partial charge is 0.197 e. The Balaban J connectivity index is 2.77. The van der Waals surface area contributed by atoms with Gasteiger partial charge in [0.25, 0.3) is 0 Å². The summed E-state index contributed by atoms with van der Waals surface area (Å²) in [6.07, 6.45) is 4.04. The molecular formula is C12H20ClNO. The highest BCUT2D eigenvalue weighted by atomic mass is 35.5. The highest BCUT2D eigenvalue weighted by Gasteiger charge is 2.21. The molecule has 0 bridgehead atoms. The van der Waals surface area contributed by atoms with E-state index in [1.165, 1.54) is 12.8 Å². The molecule has 2 unspecified atom stereocenters. The van der Waals surface area contributed by atoms with E-state index in [4.69, 9.17) is 16.0 Å². The first kappa shape index (κ1) is 12.6. The summed E-state index contributed by atoms with van der Waals surface area (Å²) in [6.45, 7) is 7.51. The van der Waals surface area contributed by atoms with Crippen molar-refractivity contribution < 1.29 is 4.42 Å². The van der Waals surface area contributed by atoms with Crippen LogP contribution in [-0.2, 0) is 0 Å². The van der Waals surface area contributed by atoms with Crippen molar-refractivity contribution in [1.29, 1.82) is 0 Å². The molecule has 0 aromatic carbocycles. The monoisotopic (exact) mass is 229 g/mol. The van der Waals surface area contributed by atoms with Crippen LogP contribution in [0.5, 0.6) is 0 Å². The van der Waals surface area contributed by atoms with Crippen LogP contribution in [0.2, 0.25) is 5.22 Å². The van der Waals surface area contributed by atoms with Crippen molar-refractivity contribution in [3.8, 4) is 0 Å². The van der Waals surface area contributed by atoms with Gasteiger partial charge in [-0.15, -0.1) is 0 Å². The fraction of sp³-hybridized carbons (Fsp3) is 0.667. The van der Waals surface area contributed by atoms with E-state index in [0.29, 0.717) is 17.2 Å². The zero-order valence-electron chi connectivity index (χ0n) is 9.72. The molecule has 1 heterocycles. The molecule has 0 aliphatic carbocycles. The van der Waals surface area contributed by atoms with E-state index in [0.717, 1.165) is 12.1 Å². The standard InChI is InChI=1S/C12H20ClNO/c1-4-6-9(3)11(14-5-2)10-7-8-15-12(10)13/h7-9,11,14H,4-6H2,1-3H3. The first-order valence-electron chi connectivity index (χ1n) is 5.66. The molecule has 0 spiro atoms. The van der Waals surface area contributed by atoms with Gasteiger partial charge in [0.1, 0.15) is 0 Å². The lowest BCUT2D eigenvalue weighted by molar-refractivity contribution is 0.367. The molecule has 86 valence electrons. The van der Waals surface area contributed by atoms with E-state index in [9.17, 15) is 0 Å².